The number of imidazole rings is 1. The number of nitrogens with two attached hydrogens (primary N) is 1. The number of hydrogen-bond donors (Lipinski definition) is 2. The third-order valence-corrected chi connectivity index (χ3v) is 3.47. The molecule has 2 heterocycles. The largest absolute Gasteiger partial charge is 0.374 e. The number of hydrazine groups is 1. The molecule has 0 amide bonds. The quantitative estimate of drug-likeness (QED) is 0.589. The fourth-order valence-electron chi connectivity index (χ4n) is 2.44. The minimum atomic E-state index is 0.146. The maximum atomic E-state index is 5.86. The molecular weight excluding hydrogens is 216 g/mol. The second-order valence-corrected chi connectivity index (χ2v) is 4.67. The zero-order chi connectivity index (χ0) is 12.3. The molecule has 3 N–H and O–H groups in total. The van der Waals surface area contributed by atoms with Gasteiger partial charge in [0.15, 0.2) is 0 Å². The maximum Gasteiger partial charge on any atom is 0.110 e. The molecule has 1 aliphatic rings. The van der Waals surface area contributed by atoms with E-state index < -0.39 is 0 Å². The van der Waals surface area contributed by atoms with E-state index in [4.69, 9.17) is 10.6 Å². The summed E-state index contributed by atoms with van der Waals surface area (Å²) in [5.41, 5.74) is 2.88. The van der Waals surface area contributed by atoms with Crippen LogP contribution in [-0.2, 0) is 17.7 Å². The Balaban J connectivity index is 2.00. The fourth-order valence-corrected chi connectivity index (χ4v) is 2.44. The van der Waals surface area contributed by atoms with E-state index in [9.17, 15) is 0 Å². The summed E-state index contributed by atoms with van der Waals surface area (Å²) in [6, 6.07) is 0.146. The van der Waals surface area contributed by atoms with Crippen LogP contribution in [0.2, 0.25) is 0 Å². The minimum absolute atomic E-state index is 0.146. The second kappa shape index (κ2) is 5.62. The van der Waals surface area contributed by atoms with Crippen molar-refractivity contribution >= 4 is 0 Å². The molecule has 0 spiro atoms. The Morgan fingerprint density at radius 1 is 1.65 bits per heavy atom. The van der Waals surface area contributed by atoms with Crippen LogP contribution in [0.25, 0.3) is 0 Å². The molecule has 1 aromatic rings. The summed E-state index contributed by atoms with van der Waals surface area (Å²) in [7, 11) is 0. The normalized spacial score (nSPS) is 26.3. The lowest BCUT2D eigenvalue weighted by molar-refractivity contribution is 0.0314. The molecule has 1 aliphatic heterocycles. The van der Waals surface area contributed by atoms with Crippen LogP contribution in [0.15, 0.2) is 12.4 Å². The lowest BCUT2D eigenvalue weighted by Crippen LogP contribution is -2.46. The van der Waals surface area contributed by atoms with E-state index >= 15 is 0 Å². The van der Waals surface area contributed by atoms with Crippen molar-refractivity contribution in [2.45, 2.75) is 57.9 Å². The van der Waals surface area contributed by atoms with Gasteiger partial charge in [-0.3, -0.25) is 11.3 Å². The molecule has 3 atom stereocenters. The third-order valence-electron chi connectivity index (χ3n) is 3.47. The van der Waals surface area contributed by atoms with Crippen molar-refractivity contribution in [3.8, 4) is 0 Å². The van der Waals surface area contributed by atoms with Gasteiger partial charge in [-0.2, -0.15) is 0 Å². The summed E-state index contributed by atoms with van der Waals surface area (Å²) in [4.78, 5) is 4.38. The van der Waals surface area contributed by atoms with E-state index in [1.807, 2.05) is 12.4 Å². The summed E-state index contributed by atoms with van der Waals surface area (Å²) < 4.78 is 8.00. The molecule has 0 saturated carbocycles. The van der Waals surface area contributed by atoms with Crippen LogP contribution >= 0.6 is 0 Å². The Morgan fingerprint density at radius 3 is 3.06 bits per heavy atom. The molecule has 0 radical (unpaired) electrons. The molecule has 5 nitrogen and oxygen atoms in total. The average molecular weight is 238 g/mol. The van der Waals surface area contributed by atoms with Gasteiger partial charge >= 0.3 is 0 Å². The molecule has 1 aromatic heterocycles. The number of aromatic nitrogens is 2. The van der Waals surface area contributed by atoms with E-state index in [2.05, 4.69) is 28.8 Å². The van der Waals surface area contributed by atoms with Gasteiger partial charge in [-0.15, -0.1) is 0 Å². The summed E-state index contributed by atoms with van der Waals surface area (Å²) in [6.45, 7) is 5.17. The summed E-state index contributed by atoms with van der Waals surface area (Å²) >= 11 is 0. The van der Waals surface area contributed by atoms with Crippen LogP contribution in [0.3, 0.4) is 0 Å². The molecule has 2 rings (SSSR count). The molecule has 0 aliphatic carbocycles. The van der Waals surface area contributed by atoms with Crippen molar-refractivity contribution < 1.29 is 4.74 Å². The Hall–Kier alpha value is -0.910. The van der Waals surface area contributed by atoms with Crippen LogP contribution in [0.4, 0.5) is 0 Å². The van der Waals surface area contributed by atoms with Crippen molar-refractivity contribution in [3.63, 3.8) is 0 Å². The lowest BCUT2D eigenvalue weighted by atomic mass is 10.0. The first-order valence-electron chi connectivity index (χ1n) is 6.36. The smallest absolute Gasteiger partial charge is 0.110 e. The zero-order valence-corrected chi connectivity index (χ0v) is 10.6. The summed E-state index contributed by atoms with van der Waals surface area (Å²) in [5, 5.41) is 0. The van der Waals surface area contributed by atoms with Crippen molar-refractivity contribution in [2.75, 3.05) is 0 Å². The van der Waals surface area contributed by atoms with E-state index in [0.717, 1.165) is 31.6 Å². The Morgan fingerprint density at radius 2 is 2.47 bits per heavy atom. The third kappa shape index (κ3) is 2.86. The molecule has 17 heavy (non-hydrogen) atoms. The highest BCUT2D eigenvalue weighted by Crippen LogP contribution is 2.23. The number of aryl methyl sites for hydroxylation is 1. The van der Waals surface area contributed by atoms with Crippen LogP contribution in [0, 0.1) is 0 Å². The van der Waals surface area contributed by atoms with Crippen LogP contribution in [0.1, 0.15) is 32.5 Å². The number of hydrogen-bond acceptors (Lipinski definition) is 4. The van der Waals surface area contributed by atoms with Gasteiger partial charge in [-0.25, -0.2) is 4.98 Å². The highest BCUT2D eigenvalue weighted by molar-refractivity contribution is 4.97. The van der Waals surface area contributed by atoms with Crippen molar-refractivity contribution in [2.24, 2.45) is 5.84 Å². The van der Waals surface area contributed by atoms with Gasteiger partial charge in [-0.05, 0) is 26.7 Å². The summed E-state index contributed by atoms with van der Waals surface area (Å²) in [6.07, 6.45) is 7.40. The predicted octanol–water partition coefficient (Wildman–Crippen LogP) is 0.845. The molecule has 96 valence electrons. The van der Waals surface area contributed by atoms with Crippen LogP contribution < -0.4 is 11.3 Å². The van der Waals surface area contributed by atoms with Crippen molar-refractivity contribution in [1.82, 2.24) is 15.0 Å². The van der Waals surface area contributed by atoms with Crippen LogP contribution in [0.5, 0.6) is 0 Å². The molecule has 0 aromatic carbocycles. The van der Waals surface area contributed by atoms with Gasteiger partial charge in [-0.1, -0.05) is 0 Å². The van der Waals surface area contributed by atoms with Crippen LogP contribution in [-0.4, -0.2) is 27.8 Å². The highest BCUT2D eigenvalue weighted by Gasteiger charge is 2.29. The number of ether oxygens (including phenoxy) is 1. The maximum absolute atomic E-state index is 5.86. The Labute approximate surface area is 102 Å². The van der Waals surface area contributed by atoms with Gasteiger partial charge in [0.2, 0.25) is 0 Å². The van der Waals surface area contributed by atoms with Gasteiger partial charge in [0, 0.05) is 25.4 Å². The minimum Gasteiger partial charge on any atom is -0.374 e. The monoisotopic (exact) mass is 238 g/mol. The Bertz CT molecular complexity index is 352. The first-order valence-corrected chi connectivity index (χ1v) is 6.36. The molecular formula is C12H22N4O. The number of nitrogens with one attached hydrogen (secondary N) is 1. The molecule has 1 fully saturated rings. The average Bonchev–Trinajstić information content (AvgIpc) is 2.94. The second-order valence-electron chi connectivity index (χ2n) is 4.67. The molecule has 5 heteroatoms. The van der Waals surface area contributed by atoms with E-state index in [-0.39, 0.29) is 12.1 Å². The van der Waals surface area contributed by atoms with Crippen molar-refractivity contribution in [3.05, 3.63) is 18.2 Å². The standard InChI is InChI=1S/C12H22N4O/c1-3-16-7-6-14-12(16)8-10(15-13)11-5-4-9(2)17-11/h6-7,9-11,15H,3-5,8,13H2,1-2H3. The van der Waals surface area contributed by atoms with Crippen molar-refractivity contribution in [1.29, 1.82) is 0 Å². The molecule has 0 bridgehead atoms. The van der Waals surface area contributed by atoms with E-state index in [0.29, 0.717) is 6.10 Å². The predicted molar refractivity (Wildman–Crippen MR) is 66.3 cm³/mol. The Kier molecular flexibility index (Phi) is 4.15. The van der Waals surface area contributed by atoms with Gasteiger partial charge in [0.25, 0.3) is 0 Å². The fraction of sp³-hybridized carbons (Fsp3) is 0.750. The first-order chi connectivity index (χ1) is 8.24. The highest BCUT2D eigenvalue weighted by atomic mass is 16.5. The first kappa shape index (κ1) is 12.5. The van der Waals surface area contributed by atoms with Gasteiger partial charge < -0.3 is 9.30 Å². The van der Waals surface area contributed by atoms with E-state index in [1.54, 1.807) is 0 Å². The lowest BCUT2D eigenvalue weighted by Gasteiger charge is -2.22. The SMILES string of the molecule is CCn1ccnc1CC(NN)C1CCC(C)O1. The number of nitrogens with zero attached hydrogens (tertiary/aromatic N) is 2. The van der Waals surface area contributed by atoms with Gasteiger partial charge in [0.05, 0.1) is 18.2 Å². The van der Waals surface area contributed by atoms with Gasteiger partial charge in [0.1, 0.15) is 5.82 Å². The molecule has 1 saturated heterocycles. The molecule has 3 unspecified atom stereocenters. The van der Waals surface area contributed by atoms with E-state index in [1.165, 1.54) is 0 Å². The zero-order valence-electron chi connectivity index (χ0n) is 10.6. The summed E-state index contributed by atoms with van der Waals surface area (Å²) in [5.74, 6) is 6.71. The topological polar surface area (TPSA) is 65.1 Å². The number of rotatable bonds is 5.